The maximum atomic E-state index is 12.1. The molecule has 2 atom stereocenters. The average Bonchev–Trinajstić information content (AvgIpc) is 3.20. The van der Waals surface area contributed by atoms with E-state index in [1.54, 1.807) is 0 Å². The van der Waals surface area contributed by atoms with Crippen molar-refractivity contribution in [2.24, 2.45) is 17.8 Å². The number of hydrogen-bond acceptors (Lipinski definition) is 2. The number of aliphatic carboxylic acids is 1. The van der Waals surface area contributed by atoms with Gasteiger partial charge in [0.15, 0.2) is 0 Å². The van der Waals surface area contributed by atoms with Crippen LogP contribution < -0.4 is 5.32 Å². The number of hydrogen-bond donors (Lipinski definition) is 2. The number of carbonyl (C=O) groups excluding carboxylic acids is 1. The number of nitrogens with one attached hydrogen (secondary N) is 1. The minimum Gasteiger partial charge on any atom is -0.480 e. The van der Waals surface area contributed by atoms with Crippen molar-refractivity contribution in [2.75, 3.05) is 0 Å². The summed E-state index contributed by atoms with van der Waals surface area (Å²) in [5.74, 6) is -0.226. The minimum atomic E-state index is -0.888. The summed E-state index contributed by atoms with van der Waals surface area (Å²) in [7, 11) is 0. The van der Waals surface area contributed by atoms with Gasteiger partial charge in [-0.3, -0.25) is 4.79 Å². The summed E-state index contributed by atoms with van der Waals surface area (Å²) in [6, 6.07) is -0.665. The second-order valence-corrected chi connectivity index (χ2v) is 6.30. The first kappa shape index (κ1) is 14.4. The van der Waals surface area contributed by atoms with Crippen molar-refractivity contribution in [1.29, 1.82) is 0 Å². The Morgan fingerprint density at radius 3 is 2.32 bits per heavy atom. The van der Waals surface area contributed by atoms with Crippen LogP contribution in [-0.4, -0.2) is 23.0 Å². The number of rotatable bonds is 6. The van der Waals surface area contributed by atoms with Crippen molar-refractivity contribution in [2.45, 2.75) is 64.3 Å². The van der Waals surface area contributed by atoms with Crippen LogP contribution in [0.5, 0.6) is 0 Å². The standard InChI is InChI=1S/C15H25NO3/c1-10(9-11-5-3-2-4-6-11)14(17)16-13(15(18)19)12-7-8-12/h10-13H,2-9H2,1H3,(H,16,17)(H,18,19). The van der Waals surface area contributed by atoms with Crippen LogP contribution in [0.3, 0.4) is 0 Å². The molecule has 4 nitrogen and oxygen atoms in total. The third-order valence-electron chi connectivity index (χ3n) is 4.52. The van der Waals surface area contributed by atoms with Gasteiger partial charge in [0.05, 0.1) is 0 Å². The third kappa shape index (κ3) is 4.22. The lowest BCUT2D eigenvalue weighted by Gasteiger charge is -2.25. The van der Waals surface area contributed by atoms with Crippen LogP contribution in [0.2, 0.25) is 0 Å². The van der Waals surface area contributed by atoms with E-state index in [4.69, 9.17) is 5.11 Å². The molecule has 19 heavy (non-hydrogen) atoms. The van der Waals surface area contributed by atoms with E-state index < -0.39 is 12.0 Å². The molecule has 2 aliphatic rings. The van der Waals surface area contributed by atoms with Gasteiger partial charge in [-0.15, -0.1) is 0 Å². The highest BCUT2D eigenvalue weighted by atomic mass is 16.4. The van der Waals surface area contributed by atoms with Gasteiger partial charge in [-0.2, -0.15) is 0 Å². The summed E-state index contributed by atoms with van der Waals surface area (Å²) in [6.07, 6.45) is 9.08. The van der Waals surface area contributed by atoms with Crippen molar-refractivity contribution >= 4 is 11.9 Å². The van der Waals surface area contributed by atoms with E-state index in [-0.39, 0.29) is 17.7 Å². The molecule has 0 heterocycles. The molecular weight excluding hydrogens is 242 g/mol. The highest BCUT2D eigenvalue weighted by molar-refractivity contribution is 5.85. The van der Waals surface area contributed by atoms with Gasteiger partial charge in [0, 0.05) is 5.92 Å². The van der Waals surface area contributed by atoms with Gasteiger partial charge in [0.2, 0.25) is 5.91 Å². The zero-order valence-electron chi connectivity index (χ0n) is 11.7. The summed E-state index contributed by atoms with van der Waals surface area (Å²) < 4.78 is 0. The van der Waals surface area contributed by atoms with E-state index in [2.05, 4.69) is 5.32 Å². The fraction of sp³-hybridized carbons (Fsp3) is 0.867. The van der Waals surface area contributed by atoms with Crippen LogP contribution in [0.1, 0.15) is 58.3 Å². The van der Waals surface area contributed by atoms with Gasteiger partial charge in [0.1, 0.15) is 6.04 Å². The SMILES string of the molecule is CC(CC1CCCCC1)C(=O)NC(C(=O)O)C1CC1. The summed E-state index contributed by atoms with van der Waals surface area (Å²) in [5.41, 5.74) is 0. The smallest absolute Gasteiger partial charge is 0.326 e. The van der Waals surface area contributed by atoms with Crippen LogP contribution in [-0.2, 0) is 9.59 Å². The number of carbonyl (C=O) groups is 2. The molecule has 0 aromatic heterocycles. The first-order chi connectivity index (χ1) is 9.08. The van der Waals surface area contributed by atoms with E-state index in [9.17, 15) is 9.59 Å². The lowest BCUT2D eigenvalue weighted by atomic mass is 9.83. The Morgan fingerprint density at radius 2 is 1.79 bits per heavy atom. The average molecular weight is 267 g/mol. The quantitative estimate of drug-likeness (QED) is 0.777. The van der Waals surface area contributed by atoms with Crippen molar-refractivity contribution in [3.05, 3.63) is 0 Å². The second kappa shape index (κ2) is 6.40. The molecule has 0 aromatic carbocycles. The largest absolute Gasteiger partial charge is 0.480 e. The van der Waals surface area contributed by atoms with Crippen molar-refractivity contribution in [1.82, 2.24) is 5.32 Å². The highest BCUT2D eigenvalue weighted by Gasteiger charge is 2.38. The minimum absolute atomic E-state index is 0.0660. The van der Waals surface area contributed by atoms with Gasteiger partial charge in [-0.25, -0.2) is 4.79 Å². The third-order valence-corrected chi connectivity index (χ3v) is 4.52. The maximum Gasteiger partial charge on any atom is 0.326 e. The number of carboxylic acid groups (broad SMARTS) is 1. The molecule has 0 radical (unpaired) electrons. The topological polar surface area (TPSA) is 66.4 Å². The lowest BCUT2D eigenvalue weighted by Crippen LogP contribution is -2.44. The van der Waals surface area contributed by atoms with Crippen LogP contribution >= 0.6 is 0 Å². The summed E-state index contributed by atoms with van der Waals surface area (Å²) in [5, 5.41) is 11.9. The van der Waals surface area contributed by atoms with E-state index in [1.807, 2.05) is 6.92 Å². The molecule has 2 aliphatic carbocycles. The number of amides is 1. The molecule has 0 bridgehead atoms. The Bertz CT molecular complexity index is 332. The Balaban J connectivity index is 1.78. The molecule has 2 unspecified atom stereocenters. The monoisotopic (exact) mass is 267 g/mol. The van der Waals surface area contributed by atoms with Crippen LogP contribution in [0.15, 0.2) is 0 Å². The normalized spacial score (nSPS) is 23.6. The Kier molecular flexibility index (Phi) is 4.83. The van der Waals surface area contributed by atoms with Gasteiger partial charge in [0.25, 0.3) is 0 Å². The molecule has 2 fully saturated rings. The van der Waals surface area contributed by atoms with Gasteiger partial charge in [-0.1, -0.05) is 39.0 Å². The molecule has 0 aliphatic heterocycles. The Morgan fingerprint density at radius 1 is 1.16 bits per heavy atom. The Labute approximate surface area is 115 Å². The number of carboxylic acids is 1. The van der Waals surface area contributed by atoms with E-state index in [0.717, 1.165) is 19.3 Å². The molecule has 2 N–H and O–H groups in total. The highest BCUT2D eigenvalue weighted by Crippen LogP contribution is 2.33. The van der Waals surface area contributed by atoms with Gasteiger partial charge in [-0.05, 0) is 31.1 Å². The van der Waals surface area contributed by atoms with Gasteiger partial charge >= 0.3 is 5.97 Å². The van der Waals surface area contributed by atoms with E-state index in [0.29, 0.717) is 5.92 Å². The van der Waals surface area contributed by atoms with E-state index in [1.165, 1.54) is 32.1 Å². The zero-order valence-corrected chi connectivity index (χ0v) is 11.7. The molecule has 4 heteroatoms. The van der Waals surface area contributed by atoms with Crippen LogP contribution in [0, 0.1) is 17.8 Å². The first-order valence-corrected chi connectivity index (χ1v) is 7.61. The van der Waals surface area contributed by atoms with Crippen LogP contribution in [0.25, 0.3) is 0 Å². The fourth-order valence-electron chi connectivity index (χ4n) is 3.14. The molecule has 0 spiro atoms. The van der Waals surface area contributed by atoms with E-state index >= 15 is 0 Å². The molecule has 1 amide bonds. The molecule has 2 rings (SSSR count). The molecule has 2 saturated carbocycles. The molecule has 0 aromatic rings. The van der Waals surface area contributed by atoms with Crippen molar-refractivity contribution in [3.63, 3.8) is 0 Å². The Hall–Kier alpha value is -1.06. The van der Waals surface area contributed by atoms with Crippen LogP contribution in [0.4, 0.5) is 0 Å². The van der Waals surface area contributed by atoms with Crippen molar-refractivity contribution in [3.8, 4) is 0 Å². The van der Waals surface area contributed by atoms with Gasteiger partial charge < -0.3 is 10.4 Å². The predicted octanol–water partition coefficient (Wildman–Crippen LogP) is 2.57. The first-order valence-electron chi connectivity index (χ1n) is 7.61. The zero-order chi connectivity index (χ0) is 13.8. The molecule has 108 valence electrons. The molecule has 0 saturated heterocycles. The van der Waals surface area contributed by atoms with Crippen molar-refractivity contribution < 1.29 is 14.7 Å². The maximum absolute atomic E-state index is 12.1. The molecular formula is C15H25NO3. The lowest BCUT2D eigenvalue weighted by molar-refractivity contribution is -0.143. The second-order valence-electron chi connectivity index (χ2n) is 6.30. The summed E-state index contributed by atoms with van der Waals surface area (Å²) in [6.45, 7) is 1.93. The summed E-state index contributed by atoms with van der Waals surface area (Å²) in [4.78, 5) is 23.2. The summed E-state index contributed by atoms with van der Waals surface area (Å²) >= 11 is 0. The fourth-order valence-corrected chi connectivity index (χ4v) is 3.14. The predicted molar refractivity (Wildman–Crippen MR) is 72.6 cm³/mol.